The first-order valence-corrected chi connectivity index (χ1v) is 11.3. The molecule has 2 aromatic carbocycles. The SMILES string of the molecule is NC1=Nc2ccccc2C(C2CCN(CCCOCc3ccc(F)c(F)c3)CC2)S1. The Labute approximate surface area is 180 Å². The van der Waals surface area contributed by atoms with Crippen LogP contribution in [0.4, 0.5) is 14.5 Å². The monoisotopic (exact) mass is 431 g/mol. The highest BCUT2D eigenvalue weighted by Gasteiger charge is 2.32. The van der Waals surface area contributed by atoms with Gasteiger partial charge in [-0.25, -0.2) is 13.8 Å². The van der Waals surface area contributed by atoms with E-state index in [1.165, 1.54) is 11.6 Å². The number of amidine groups is 1. The molecule has 160 valence electrons. The molecule has 2 aliphatic rings. The van der Waals surface area contributed by atoms with Gasteiger partial charge < -0.3 is 15.4 Å². The first kappa shape index (κ1) is 21.3. The van der Waals surface area contributed by atoms with Gasteiger partial charge in [0.2, 0.25) is 0 Å². The molecule has 2 N–H and O–H groups in total. The predicted molar refractivity (Wildman–Crippen MR) is 118 cm³/mol. The fraction of sp³-hybridized carbons (Fsp3) is 0.435. The summed E-state index contributed by atoms with van der Waals surface area (Å²) in [5.41, 5.74) is 9.05. The third-order valence-electron chi connectivity index (χ3n) is 5.80. The van der Waals surface area contributed by atoms with Crippen LogP contribution in [0.5, 0.6) is 0 Å². The average molecular weight is 432 g/mol. The van der Waals surface area contributed by atoms with E-state index in [0.29, 0.717) is 35.1 Å². The zero-order valence-corrected chi connectivity index (χ0v) is 17.7. The van der Waals surface area contributed by atoms with Crippen molar-refractivity contribution in [2.45, 2.75) is 31.1 Å². The zero-order valence-electron chi connectivity index (χ0n) is 16.9. The maximum absolute atomic E-state index is 13.2. The summed E-state index contributed by atoms with van der Waals surface area (Å²) in [6.07, 6.45) is 3.22. The standard InChI is InChI=1S/C23H27F2N3OS/c24-19-7-6-16(14-20(19)25)15-29-13-3-10-28-11-8-17(9-12-28)22-18-4-1-2-5-21(18)27-23(26)30-22/h1-2,4-7,14,17,22H,3,8-13,15H2,(H2,26,27). The van der Waals surface area contributed by atoms with Crippen molar-refractivity contribution in [3.8, 4) is 0 Å². The number of hydrogen-bond acceptors (Lipinski definition) is 5. The Morgan fingerprint density at radius 3 is 2.70 bits per heavy atom. The lowest BCUT2D eigenvalue weighted by atomic mass is 9.88. The lowest BCUT2D eigenvalue weighted by Gasteiger charge is -2.37. The first-order valence-electron chi connectivity index (χ1n) is 10.4. The molecule has 2 aliphatic heterocycles. The van der Waals surface area contributed by atoms with Crippen LogP contribution in [0.25, 0.3) is 0 Å². The van der Waals surface area contributed by atoms with Crippen LogP contribution in [0.3, 0.4) is 0 Å². The first-order chi connectivity index (χ1) is 14.6. The van der Waals surface area contributed by atoms with Crippen molar-refractivity contribution in [1.82, 2.24) is 4.90 Å². The molecule has 1 atom stereocenters. The lowest BCUT2D eigenvalue weighted by molar-refractivity contribution is 0.101. The highest BCUT2D eigenvalue weighted by molar-refractivity contribution is 8.14. The van der Waals surface area contributed by atoms with E-state index in [9.17, 15) is 8.78 Å². The largest absolute Gasteiger partial charge is 0.378 e. The molecule has 1 fully saturated rings. The Balaban J connectivity index is 1.18. The van der Waals surface area contributed by atoms with Gasteiger partial charge in [0, 0.05) is 18.4 Å². The van der Waals surface area contributed by atoms with E-state index in [4.69, 9.17) is 10.5 Å². The molecule has 0 aliphatic carbocycles. The molecule has 30 heavy (non-hydrogen) atoms. The van der Waals surface area contributed by atoms with Gasteiger partial charge in [0.1, 0.15) is 0 Å². The highest BCUT2D eigenvalue weighted by atomic mass is 32.2. The second-order valence-corrected chi connectivity index (χ2v) is 9.04. The third-order valence-corrected chi connectivity index (χ3v) is 7.02. The van der Waals surface area contributed by atoms with E-state index < -0.39 is 11.6 Å². The van der Waals surface area contributed by atoms with Crippen molar-refractivity contribution in [3.63, 3.8) is 0 Å². The molecule has 0 amide bonds. The van der Waals surface area contributed by atoms with Crippen molar-refractivity contribution in [2.75, 3.05) is 26.2 Å². The number of ether oxygens (including phenoxy) is 1. The Morgan fingerprint density at radius 1 is 1.10 bits per heavy atom. The van der Waals surface area contributed by atoms with Crippen LogP contribution in [0.2, 0.25) is 0 Å². The third kappa shape index (κ3) is 5.20. The normalized spacial score (nSPS) is 20.1. The second kappa shape index (κ2) is 9.90. The van der Waals surface area contributed by atoms with E-state index in [1.807, 2.05) is 12.1 Å². The minimum Gasteiger partial charge on any atom is -0.378 e. The summed E-state index contributed by atoms with van der Waals surface area (Å²) in [5.74, 6) is -1.05. The van der Waals surface area contributed by atoms with Crippen LogP contribution < -0.4 is 5.73 Å². The van der Waals surface area contributed by atoms with Gasteiger partial charge in [-0.1, -0.05) is 36.0 Å². The van der Waals surface area contributed by atoms with Gasteiger partial charge in [-0.2, -0.15) is 0 Å². The predicted octanol–water partition coefficient (Wildman–Crippen LogP) is 5.02. The Kier molecular flexibility index (Phi) is 7.02. The molecular formula is C23H27F2N3OS. The number of hydrogen-bond donors (Lipinski definition) is 1. The number of halogens is 2. The molecule has 4 nitrogen and oxygen atoms in total. The minimum absolute atomic E-state index is 0.306. The number of nitrogens with two attached hydrogens (primary N) is 1. The number of para-hydroxylation sites is 1. The topological polar surface area (TPSA) is 50.8 Å². The summed E-state index contributed by atoms with van der Waals surface area (Å²) < 4.78 is 31.8. The number of piperidine rings is 1. The van der Waals surface area contributed by atoms with Crippen molar-refractivity contribution >= 4 is 22.6 Å². The van der Waals surface area contributed by atoms with Gasteiger partial charge >= 0.3 is 0 Å². The Hall–Kier alpha value is -1.96. The molecular weight excluding hydrogens is 404 g/mol. The molecule has 0 bridgehead atoms. The van der Waals surface area contributed by atoms with E-state index in [1.54, 1.807) is 17.8 Å². The van der Waals surface area contributed by atoms with Gasteiger partial charge in [-0.3, -0.25) is 0 Å². The Bertz CT molecular complexity index is 900. The van der Waals surface area contributed by atoms with Crippen LogP contribution in [0.15, 0.2) is 47.5 Å². The Morgan fingerprint density at radius 2 is 1.90 bits per heavy atom. The molecule has 0 spiro atoms. The molecule has 1 unspecified atom stereocenters. The number of thioether (sulfide) groups is 1. The van der Waals surface area contributed by atoms with Crippen molar-refractivity contribution in [3.05, 3.63) is 65.2 Å². The quantitative estimate of drug-likeness (QED) is 0.626. The molecule has 2 aromatic rings. The van der Waals surface area contributed by atoms with Gasteiger partial charge in [-0.15, -0.1) is 0 Å². The van der Waals surface area contributed by atoms with Crippen LogP contribution >= 0.6 is 11.8 Å². The van der Waals surface area contributed by atoms with Crippen LogP contribution in [-0.2, 0) is 11.3 Å². The van der Waals surface area contributed by atoms with Crippen molar-refractivity contribution < 1.29 is 13.5 Å². The summed E-state index contributed by atoms with van der Waals surface area (Å²) in [7, 11) is 0. The maximum atomic E-state index is 13.2. The second-order valence-electron chi connectivity index (χ2n) is 7.88. The zero-order chi connectivity index (χ0) is 20.9. The lowest BCUT2D eigenvalue weighted by Crippen LogP contribution is -2.36. The van der Waals surface area contributed by atoms with Gasteiger partial charge in [0.05, 0.1) is 12.3 Å². The number of nitrogens with zero attached hydrogens (tertiary/aromatic N) is 2. The van der Waals surface area contributed by atoms with Gasteiger partial charge in [0.15, 0.2) is 16.8 Å². The number of rotatable bonds is 7. The minimum atomic E-state index is -0.828. The molecule has 0 radical (unpaired) electrons. The fourth-order valence-electron chi connectivity index (χ4n) is 4.21. The van der Waals surface area contributed by atoms with E-state index >= 15 is 0 Å². The van der Waals surface area contributed by atoms with E-state index in [2.05, 4.69) is 22.0 Å². The summed E-state index contributed by atoms with van der Waals surface area (Å²) in [4.78, 5) is 6.97. The van der Waals surface area contributed by atoms with Crippen LogP contribution in [-0.4, -0.2) is 36.3 Å². The molecule has 0 aromatic heterocycles. The van der Waals surface area contributed by atoms with E-state index in [0.717, 1.165) is 50.7 Å². The maximum Gasteiger partial charge on any atom is 0.159 e. The average Bonchev–Trinajstić information content (AvgIpc) is 2.76. The smallest absolute Gasteiger partial charge is 0.159 e. The van der Waals surface area contributed by atoms with Gasteiger partial charge in [0.25, 0.3) is 0 Å². The number of aliphatic imine (C=N–C) groups is 1. The molecule has 0 saturated carbocycles. The van der Waals surface area contributed by atoms with E-state index in [-0.39, 0.29) is 0 Å². The van der Waals surface area contributed by atoms with Crippen molar-refractivity contribution in [2.24, 2.45) is 16.6 Å². The summed E-state index contributed by atoms with van der Waals surface area (Å²) in [5, 5.41) is 1.06. The molecule has 1 saturated heterocycles. The summed E-state index contributed by atoms with van der Waals surface area (Å²) >= 11 is 1.70. The number of fused-ring (bicyclic) bond motifs is 1. The summed E-state index contributed by atoms with van der Waals surface area (Å²) in [6, 6.07) is 12.2. The number of benzene rings is 2. The van der Waals surface area contributed by atoms with Crippen LogP contribution in [0.1, 0.15) is 35.6 Å². The molecule has 4 rings (SSSR count). The molecule has 7 heteroatoms. The molecule has 2 heterocycles. The fourth-order valence-corrected chi connectivity index (χ4v) is 5.41. The summed E-state index contributed by atoms with van der Waals surface area (Å²) in [6.45, 7) is 4.05. The highest BCUT2D eigenvalue weighted by Crippen LogP contribution is 2.47. The number of likely N-dealkylation sites (tertiary alicyclic amines) is 1. The van der Waals surface area contributed by atoms with Gasteiger partial charge in [-0.05, 0) is 67.6 Å². The van der Waals surface area contributed by atoms with Crippen molar-refractivity contribution in [1.29, 1.82) is 0 Å². The van der Waals surface area contributed by atoms with Crippen LogP contribution in [0, 0.1) is 17.6 Å².